The highest BCUT2D eigenvalue weighted by Crippen LogP contribution is 2.27. The number of aromatic amines is 1. The zero-order valence-corrected chi connectivity index (χ0v) is 18.4. The fraction of sp³-hybridized carbons (Fsp3) is 0.455. The SMILES string of the molecule is O=C1NCC(c2ccsc2)CC[C@H]1NC(=O)N1CCC(n2c(=O)[nH]c3ncccc32)CC1. The number of thiophene rings is 1. The number of hydrogen-bond acceptors (Lipinski definition) is 5. The quantitative estimate of drug-likeness (QED) is 0.563. The number of urea groups is 1. The molecule has 3 aromatic heterocycles. The number of H-pyrrole nitrogens is 1. The van der Waals surface area contributed by atoms with Crippen molar-refractivity contribution in [1.82, 2.24) is 30.1 Å². The maximum absolute atomic E-state index is 12.9. The van der Waals surface area contributed by atoms with Gasteiger partial charge >= 0.3 is 11.7 Å². The minimum Gasteiger partial charge on any atom is -0.354 e. The first kappa shape index (κ1) is 20.7. The Bertz CT molecular complexity index is 1160. The molecule has 2 atom stereocenters. The predicted octanol–water partition coefficient (Wildman–Crippen LogP) is 2.19. The first-order valence-electron chi connectivity index (χ1n) is 11.0. The zero-order chi connectivity index (χ0) is 22.1. The number of amides is 3. The number of hydrogen-bond donors (Lipinski definition) is 3. The van der Waals surface area contributed by atoms with Crippen LogP contribution < -0.4 is 16.3 Å². The molecule has 0 saturated carbocycles. The van der Waals surface area contributed by atoms with Crippen LogP contribution in [0.15, 0.2) is 40.0 Å². The van der Waals surface area contributed by atoms with Crippen molar-refractivity contribution in [3.05, 3.63) is 51.2 Å². The van der Waals surface area contributed by atoms with E-state index in [2.05, 4.69) is 32.0 Å². The van der Waals surface area contributed by atoms with E-state index in [9.17, 15) is 14.4 Å². The lowest BCUT2D eigenvalue weighted by molar-refractivity contribution is -0.122. The molecule has 0 bridgehead atoms. The molecule has 0 aromatic carbocycles. The molecule has 2 fully saturated rings. The van der Waals surface area contributed by atoms with E-state index in [4.69, 9.17) is 0 Å². The fourth-order valence-electron chi connectivity index (χ4n) is 4.77. The standard InChI is InChI=1S/C22H26N6O3S/c29-20-17(4-3-14(12-24-20)15-7-11-32-13-15)25-21(30)27-9-5-16(6-10-27)28-18-2-1-8-23-19(18)26-22(28)31/h1-2,7-8,11,13-14,16-17H,3-6,9-10,12H2,(H,24,29)(H,25,30)(H,23,26,31)/t14?,17-/m1/s1. The van der Waals surface area contributed by atoms with Crippen molar-refractivity contribution < 1.29 is 9.59 Å². The number of rotatable bonds is 3. The van der Waals surface area contributed by atoms with Crippen molar-refractivity contribution in [1.29, 1.82) is 0 Å². The monoisotopic (exact) mass is 454 g/mol. The number of piperidine rings is 1. The molecule has 0 spiro atoms. The summed E-state index contributed by atoms with van der Waals surface area (Å²) < 4.78 is 1.75. The number of nitrogens with one attached hydrogen (secondary N) is 3. The van der Waals surface area contributed by atoms with E-state index < -0.39 is 6.04 Å². The second-order valence-corrected chi connectivity index (χ2v) is 9.25. The summed E-state index contributed by atoms with van der Waals surface area (Å²) in [5.41, 5.74) is 2.44. The Labute approximate surface area is 188 Å². The average molecular weight is 455 g/mol. The Morgan fingerprint density at radius 3 is 2.78 bits per heavy atom. The molecule has 9 nitrogen and oxygen atoms in total. The zero-order valence-electron chi connectivity index (χ0n) is 17.6. The maximum atomic E-state index is 12.9. The summed E-state index contributed by atoms with van der Waals surface area (Å²) in [7, 11) is 0. The van der Waals surface area contributed by atoms with E-state index in [1.54, 1.807) is 27.0 Å². The van der Waals surface area contributed by atoms with Gasteiger partial charge in [-0.25, -0.2) is 14.6 Å². The number of likely N-dealkylation sites (tertiary alicyclic amines) is 1. The van der Waals surface area contributed by atoms with Gasteiger partial charge in [0.05, 0.1) is 5.52 Å². The summed E-state index contributed by atoms with van der Waals surface area (Å²) >= 11 is 1.66. The second-order valence-electron chi connectivity index (χ2n) is 8.47. The Kier molecular flexibility index (Phi) is 5.69. The molecule has 0 aliphatic carbocycles. The molecule has 0 radical (unpaired) electrons. The van der Waals surface area contributed by atoms with Gasteiger partial charge in [-0.3, -0.25) is 14.3 Å². The number of nitrogens with zero attached hydrogens (tertiary/aromatic N) is 3. The predicted molar refractivity (Wildman–Crippen MR) is 122 cm³/mol. The number of carbonyl (C=O) groups is 2. The lowest BCUT2D eigenvalue weighted by Gasteiger charge is -2.33. The fourth-order valence-corrected chi connectivity index (χ4v) is 5.51. The number of aromatic nitrogens is 3. The Morgan fingerprint density at radius 1 is 1.16 bits per heavy atom. The van der Waals surface area contributed by atoms with Crippen LogP contribution in [0.5, 0.6) is 0 Å². The number of fused-ring (bicyclic) bond motifs is 1. The molecule has 2 aliphatic heterocycles. The van der Waals surface area contributed by atoms with Crippen LogP contribution in [-0.4, -0.2) is 57.0 Å². The third kappa shape index (κ3) is 4.02. The smallest absolute Gasteiger partial charge is 0.327 e. The normalized spacial score (nSPS) is 22.5. The van der Waals surface area contributed by atoms with Gasteiger partial charge in [0.2, 0.25) is 5.91 Å². The van der Waals surface area contributed by atoms with E-state index in [1.807, 2.05) is 17.5 Å². The Morgan fingerprint density at radius 2 is 2.00 bits per heavy atom. The molecular weight excluding hydrogens is 428 g/mol. The lowest BCUT2D eigenvalue weighted by atomic mass is 9.96. The van der Waals surface area contributed by atoms with E-state index >= 15 is 0 Å². The molecule has 32 heavy (non-hydrogen) atoms. The highest BCUT2D eigenvalue weighted by molar-refractivity contribution is 7.08. The van der Waals surface area contributed by atoms with Crippen LogP contribution >= 0.6 is 11.3 Å². The molecule has 3 amide bonds. The second kappa shape index (κ2) is 8.78. The van der Waals surface area contributed by atoms with E-state index in [0.29, 0.717) is 44.5 Å². The molecular formula is C22H26N6O3S. The van der Waals surface area contributed by atoms with Gasteiger partial charge in [0, 0.05) is 37.8 Å². The van der Waals surface area contributed by atoms with Gasteiger partial charge in [-0.1, -0.05) is 0 Å². The summed E-state index contributed by atoms with van der Waals surface area (Å²) in [6, 6.07) is 5.07. The van der Waals surface area contributed by atoms with Crippen molar-refractivity contribution in [2.45, 2.75) is 43.7 Å². The summed E-state index contributed by atoms with van der Waals surface area (Å²) in [6.45, 7) is 1.66. The number of imidazole rings is 1. The molecule has 2 aliphatic rings. The van der Waals surface area contributed by atoms with Gasteiger partial charge in [0.1, 0.15) is 6.04 Å². The molecule has 10 heteroatoms. The third-order valence-corrected chi connectivity index (χ3v) is 7.26. The van der Waals surface area contributed by atoms with Gasteiger partial charge < -0.3 is 15.5 Å². The Hall–Kier alpha value is -3.14. The largest absolute Gasteiger partial charge is 0.354 e. The maximum Gasteiger partial charge on any atom is 0.327 e. The van der Waals surface area contributed by atoms with E-state index in [1.165, 1.54) is 5.56 Å². The van der Waals surface area contributed by atoms with Crippen molar-refractivity contribution in [3.63, 3.8) is 0 Å². The van der Waals surface area contributed by atoms with Gasteiger partial charge in [0.25, 0.3) is 0 Å². The first-order chi connectivity index (χ1) is 15.6. The summed E-state index contributed by atoms with van der Waals surface area (Å²) in [6.07, 6.45) is 4.46. The number of pyridine rings is 1. The first-order valence-corrected chi connectivity index (χ1v) is 11.9. The minimum absolute atomic E-state index is 0.0112. The molecule has 3 N–H and O–H groups in total. The molecule has 3 aromatic rings. The molecule has 168 valence electrons. The van der Waals surface area contributed by atoms with Gasteiger partial charge in [-0.2, -0.15) is 11.3 Å². The topological polar surface area (TPSA) is 112 Å². The van der Waals surface area contributed by atoms with Crippen LogP contribution in [-0.2, 0) is 4.79 Å². The van der Waals surface area contributed by atoms with E-state index in [0.717, 1.165) is 11.9 Å². The Balaban J connectivity index is 1.19. The van der Waals surface area contributed by atoms with Crippen LogP contribution in [0.4, 0.5) is 4.79 Å². The third-order valence-electron chi connectivity index (χ3n) is 6.56. The summed E-state index contributed by atoms with van der Waals surface area (Å²) in [5, 5.41) is 10.1. The molecule has 2 saturated heterocycles. The highest BCUT2D eigenvalue weighted by Gasteiger charge is 2.31. The molecule has 1 unspecified atom stereocenters. The summed E-state index contributed by atoms with van der Waals surface area (Å²) in [4.78, 5) is 46.6. The molecule has 5 rings (SSSR count). The van der Waals surface area contributed by atoms with Crippen LogP contribution in [0, 0.1) is 0 Å². The van der Waals surface area contributed by atoms with Gasteiger partial charge in [-0.15, -0.1) is 0 Å². The van der Waals surface area contributed by atoms with Crippen molar-refractivity contribution >= 4 is 34.4 Å². The van der Waals surface area contributed by atoms with Crippen LogP contribution in [0.25, 0.3) is 11.2 Å². The van der Waals surface area contributed by atoms with Crippen molar-refractivity contribution in [3.8, 4) is 0 Å². The highest BCUT2D eigenvalue weighted by atomic mass is 32.1. The van der Waals surface area contributed by atoms with E-state index in [-0.39, 0.29) is 29.6 Å². The summed E-state index contributed by atoms with van der Waals surface area (Å²) in [5.74, 6) is 0.163. The lowest BCUT2D eigenvalue weighted by Crippen LogP contribution is -2.52. The van der Waals surface area contributed by atoms with Gasteiger partial charge in [-0.05, 0) is 60.2 Å². The van der Waals surface area contributed by atoms with Gasteiger partial charge in [0.15, 0.2) is 5.65 Å². The number of carbonyl (C=O) groups excluding carboxylic acids is 2. The minimum atomic E-state index is -0.522. The van der Waals surface area contributed by atoms with Crippen molar-refractivity contribution in [2.24, 2.45) is 0 Å². The van der Waals surface area contributed by atoms with Crippen molar-refractivity contribution in [2.75, 3.05) is 19.6 Å². The molecule has 5 heterocycles. The van der Waals surface area contributed by atoms with Crippen LogP contribution in [0.3, 0.4) is 0 Å². The van der Waals surface area contributed by atoms with Crippen LogP contribution in [0.2, 0.25) is 0 Å². The van der Waals surface area contributed by atoms with Crippen LogP contribution in [0.1, 0.15) is 43.2 Å². The average Bonchev–Trinajstić information content (AvgIpc) is 3.41.